The highest BCUT2D eigenvalue weighted by Crippen LogP contribution is 2.26. The molecule has 0 aliphatic carbocycles. The maximum absolute atomic E-state index is 12.5. The fourth-order valence-corrected chi connectivity index (χ4v) is 3.53. The molecule has 0 unspecified atom stereocenters. The van der Waals surface area contributed by atoms with Crippen molar-refractivity contribution in [2.45, 2.75) is 12.5 Å². The van der Waals surface area contributed by atoms with Crippen LogP contribution in [0.5, 0.6) is 5.75 Å². The van der Waals surface area contributed by atoms with Crippen LogP contribution in [0.2, 0.25) is 0 Å². The van der Waals surface area contributed by atoms with Crippen LogP contribution in [0, 0.1) is 10.1 Å². The Kier molecular flexibility index (Phi) is 5.70. The maximum atomic E-state index is 12.5. The number of non-ortho nitro benzene ring substituents is 1. The minimum atomic E-state index is -0.431. The molecule has 31 heavy (non-hydrogen) atoms. The number of carbonyl (C=O) groups excluding carboxylic acids is 1. The second kappa shape index (κ2) is 8.74. The summed E-state index contributed by atoms with van der Waals surface area (Å²) in [6.45, 7) is 1.52. The van der Waals surface area contributed by atoms with Gasteiger partial charge >= 0.3 is 0 Å². The number of nitro benzene ring substituents is 1. The predicted molar refractivity (Wildman–Crippen MR) is 120 cm³/mol. The molecule has 1 amide bonds. The van der Waals surface area contributed by atoms with Crippen LogP contribution in [-0.4, -0.2) is 30.0 Å². The number of nitrogens with one attached hydrogen (secondary N) is 1. The van der Waals surface area contributed by atoms with E-state index in [-0.39, 0.29) is 17.7 Å². The molecule has 8 heteroatoms. The van der Waals surface area contributed by atoms with Crippen LogP contribution in [-0.2, 0) is 0 Å². The molecule has 3 aromatic rings. The van der Waals surface area contributed by atoms with Crippen LogP contribution in [0.3, 0.4) is 0 Å². The summed E-state index contributed by atoms with van der Waals surface area (Å²) in [5, 5.41) is 13.6. The van der Waals surface area contributed by atoms with Crippen molar-refractivity contribution < 1.29 is 14.5 Å². The van der Waals surface area contributed by atoms with Crippen LogP contribution >= 0.6 is 0 Å². The largest absolute Gasteiger partial charge is 0.489 e. The summed E-state index contributed by atoms with van der Waals surface area (Å²) in [4.78, 5) is 25.0. The molecular formula is C23H22N4O4. The Bertz CT molecular complexity index is 1080. The predicted octanol–water partition coefficient (Wildman–Crippen LogP) is 4.09. The molecule has 1 aliphatic rings. The van der Waals surface area contributed by atoms with E-state index in [1.54, 1.807) is 36.4 Å². The van der Waals surface area contributed by atoms with E-state index in [2.05, 4.69) is 10.2 Å². The van der Waals surface area contributed by atoms with Gasteiger partial charge in [-0.25, -0.2) is 0 Å². The van der Waals surface area contributed by atoms with E-state index in [0.717, 1.165) is 18.7 Å². The molecule has 1 saturated heterocycles. The molecule has 1 atom stereocenters. The average Bonchev–Trinajstić information content (AvgIpc) is 3.24. The molecule has 0 radical (unpaired) electrons. The summed E-state index contributed by atoms with van der Waals surface area (Å²) in [6, 6.07) is 20.6. The maximum Gasteiger partial charge on any atom is 0.269 e. The van der Waals surface area contributed by atoms with Gasteiger partial charge in [0.25, 0.3) is 11.6 Å². The Morgan fingerprint density at radius 3 is 2.45 bits per heavy atom. The van der Waals surface area contributed by atoms with Crippen molar-refractivity contribution in [1.29, 1.82) is 0 Å². The van der Waals surface area contributed by atoms with Gasteiger partial charge in [0.1, 0.15) is 11.9 Å². The number of carbonyl (C=O) groups is 1. The number of rotatable bonds is 6. The van der Waals surface area contributed by atoms with Gasteiger partial charge in [-0.1, -0.05) is 12.1 Å². The SMILES string of the molecule is Nc1ccccc1NC(=O)c1ccc(N2CC[C@H](Oc3ccc([N+](=O)[O-])cc3)C2)cc1. The molecule has 0 spiro atoms. The highest BCUT2D eigenvalue weighted by molar-refractivity contribution is 6.05. The van der Waals surface area contributed by atoms with Crippen LogP contribution in [0.4, 0.5) is 22.7 Å². The second-order valence-corrected chi connectivity index (χ2v) is 7.31. The first-order valence-electron chi connectivity index (χ1n) is 9.91. The highest BCUT2D eigenvalue weighted by atomic mass is 16.6. The molecule has 3 N–H and O–H groups in total. The van der Waals surface area contributed by atoms with Crippen molar-refractivity contribution in [2.24, 2.45) is 0 Å². The second-order valence-electron chi connectivity index (χ2n) is 7.31. The number of benzene rings is 3. The quantitative estimate of drug-likeness (QED) is 0.354. The van der Waals surface area contributed by atoms with Crippen molar-refractivity contribution in [3.05, 3.63) is 88.5 Å². The van der Waals surface area contributed by atoms with Crippen molar-refractivity contribution in [3.63, 3.8) is 0 Å². The van der Waals surface area contributed by atoms with Gasteiger partial charge in [0.2, 0.25) is 0 Å². The summed E-state index contributed by atoms with van der Waals surface area (Å²) in [5.41, 5.74) is 8.57. The molecule has 3 aromatic carbocycles. The standard InChI is InChI=1S/C23H22N4O4/c24-21-3-1-2-4-22(21)25-23(28)16-5-7-17(8-6-16)26-14-13-20(15-26)31-19-11-9-18(10-12-19)27(29)30/h1-12,20H,13-15,24H2,(H,25,28)/t20-/m0/s1. The number of hydrogen-bond acceptors (Lipinski definition) is 6. The number of nitrogens with zero attached hydrogens (tertiary/aromatic N) is 2. The van der Waals surface area contributed by atoms with E-state index in [0.29, 0.717) is 29.2 Å². The van der Waals surface area contributed by atoms with Crippen molar-refractivity contribution in [2.75, 3.05) is 29.0 Å². The number of amides is 1. The van der Waals surface area contributed by atoms with Gasteiger partial charge in [-0.3, -0.25) is 14.9 Å². The fourth-order valence-electron chi connectivity index (χ4n) is 3.53. The zero-order valence-corrected chi connectivity index (χ0v) is 16.7. The lowest BCUT2D eigenvalue weighted by atomic mass is 10.1. The first kappa shape index (κ1) is 20.2. The average molecular weight is 418 g/mol. The van der Waals surface area contributed by atoms with Gasteiger partial charge in [-0.05, 0) is 48.5 Å². The zero-order valence-electron chi connectivity index (χ0n) is 16.7. The van der Waals surface area contributed by atoms with E-state index in [1.807, 2.05) is 24.3 Å². The number of para-hydroxylation sites is 2. The molecule has 1 heterocycles. The molecule has 158 valence electrons. The Hall–Kier alpha value is -4.07. The van der Waals surface area contributed by atoms with E-state index < -0.39 is 4.92 Å². The van der Waals surface area contributed by atoms with E-state index in [9.17, 15) is 14.9 Å². The van der Waals surface area contributed by atoms with Gasteiger partial charge in [0, 0.05) is 36.3 Å². The summed E-state index contributed by atoms with van der Waals surface area (Å²) < 4.78 is 5.96. The number of nitrogen functional groups attached to an aromatic ring is 1. The summed E-state index contributed by atoms with van der Waals surface area (Å²) in [7, 11) is 0. The molecule has 8 nitrogen and oxygen atoms in total. The van der Waals surface area contributed by atoms with Gasteiger partial charge in [-0.2, -0.15) is 0 Å². The van der Waals surface area contributed by atoms with E-state index >= 15 is 0 Å². The van der Waals surface area contributed by atoms with Crippen LogP contribution in [0.1, 0.15) is 16.8 Å². The smallest absolute Gasteiger partial charge is 0.269 e. The Morgan fingerprint density at radius 2 is 1.77 bits per heavy atom. The monoisotopic (exact) mass is 418 g/mol. The first-order valence-corrected chi connectivity index (χ1v) is 9.91. The van der Waals surface area contributed by atoms with E-state index in [1.165, 1.54) is 12.1 Å². The van der Waals surface area contributed by atoms with Gasteiger partial charge in [-0.15, -0.1) is 0 Å². The zero-order chi connectivity index (χ0) is 21.8. The number of nitrogens with two attached hydrogens (primary N) is 1. The lowest BCUT2D eigenvalue weighted by Gasteiger charge is -2.19. The third kappa shape index (κ3) is 4.75. The van der Waals surface area contributed by atoms with Crippen molar-refractivity contribution in [1.82, 2.24) is 0 Å². The number of anilines is 3. The van der Waals surface area contributed by atoms with Crippen molar-refractivity contribution >= 4 is 28.7 Å². The van der Waals surface area contributed by atoms with Crippen LogP contribution < -0.4 is 20.7 Å². The third-order valence-corrected chi connectivity index (χ3v) is 5.20. The summed E-state index contributed by atoms with van der Waals surface area (Å²) in [6.07, 6.45) is 0.831. The fraction of sp³-hybridized carbons (Fsp3) is 0.174. The summed E-state index contributed by atoms with van der Waals surface area (Å²) in [5.74, 6) is 0.398. The molecular weight excluding hydrogens is 396 g/mol. The molecule has 1 aliphatic heterocycles. The lowest BCUT2D eigenvalue weighted by Crippen LogP contribution is -2.24. The van der Waals surface area contributed by atoms with Gasteiger partial charge < -0.3 is 20.7 Å². The highest BCUT2D eigenvalue weighted by Gasteiger charge is 2.24. The van der Waals surface area contributed by atoms with Crippen LogP contribution in [0.15, 0.2) is 72.8 Å². The third-order valence-electron chi connectivity index (χ3n) is 5.20. The normalized spacial score (nSPS) is 15.5. The lowest BCUT2D eigenvalue weighted by molar-refractivity contribution is -0.384. The molecule has 0 bridgehead atoms. The van der Waals surface area contributed by atoms with Gasteiger partial charge in [0.05, 0.1) is 22.8 Å². The molecule has 4 rings (SSSR count). The molecule has 1 fully saturated rings. The minimum absolute atomic E-state index is 0.00881. The van der Waals surface area contributed by atoms with Crippen molar-refractivity contribution in [3.8, 4) is 5.75 Å². The topological polar surface area (TPSA) is 111 Å². The number of hydrogen-bond donors (Lipinski definition) is 2. The Labute approximate surface area is 179 Å². The van der Waals surface area contributed by atoms with Crippen LogP contribution in [0.25, 0.3) is 0 Å². The van der Waals surface area contributed by atoms with E-state index in [4.69, 9.17) is 10.5 Å². The number of ether oxygens (including phenoxy) is 1. The minimum Gasteiger partial charge on any atom is -0.489 e. The Morgan fingerprint density at radius 1 is 1.06 bits per heavy atom. The van der Waals surface area contributed by atoms with Gasteiger partial charge in [0.15, 0.2) is 0 Å². The first-order chi connectivity index (χ1) is 15.0. The number of nitro groups is 1. The molecule has 0 saturated carbocycles. The summed E-state index contributed by atoms with van der Waals surface area (Å²) >= 11 is 0. The molecule has 0 aromatic heterocycles. The Balaban J connectivity index is 1.34.